The maximum atomic E-state index is 4.51. The third-order valence-corrected chi connectivity index (χ3v) is 4.56. The van der Waals surface area contributed by atoms with Gasteiger partial charge in [0.15, 0.2) is 0 Å². The third kappa shape index (κ3) is 2.08. The SMILES string of the molecule is CCc1cc2c(N3CCN[C@@H](C)C3)ncnc2s1. The molecule has 2 aromatic heterocycles. The molecule has 2 aromatic rings. The van der Waals surface area contributed by atoms with E-state index in [2.05, 4.69) is 40.1 Å². The van der Waals surface area contributed by atoms with Crippen molar-refractivity contribution in [1.82, 2.24) is 15.3 Å². The topological polar surface area (TPSA) is 41.0 Å². The van der Waals surface area contributed by atoms with Gasteiger partial charge in [-0.15, -0.1) is 11.3 Å². The minimum atomic E-state index is 0.521. The van der Waals surface area contributed by atoms with E-state index in [1.807, 2.05) is 0 Å². The Bertz CT molecular complexity index is 551. The Labute approximate surface area is 111 Å². The van der Waals surface area contributed by atoms with Gasteiger partial charge in [0, 0.05) is 30.6 Å². The summed E-state index contributed by atoms with van der Waals surface area (Å²) in [6, 6.07) is 2.77. The molecule has 0 aromatic carbocycles. The summed E-state index contributed by atoms with van der Waals surface area (Å²) in [5.41, 5.74) is 0. The second-order valence-corrected chi connectivity index (χ2v) is 5.90. The molecule has 1 saturated heterocycles. The van der Waals surface area contributed by atoms with Crippen LogP contribution >= 0.6 is 11.3 Å². The first-order valence-electron chi connectivity index (χ1n) is 6.49. The van der Waals surface area contributed by atoms with Crippen LogP contribution in [0.15, 0.2) is 12.4 Å². The molecule has 1 N–H and O–H groups in total. The van der Waals surface area contributed by atoms with E-state index < -0.39 is 0 Å². The van der Waals surface area contributed by atoms with Crippen molar-refractivity contribution in [3.05, 3.63) is 17.3 Å². The molecular formula is C13H18N4S. The molecule has 0 bridgehead atoms. The molecule has 18 heavy (non-hydrogen) atoms. The molecule has 3 rings (SSSR count). The van der Waals surface area contributed by atoms with E-state index in [0.717, 1.165) is 36.7 Å². The second-order valence-electron chi connectivity index (χ2n) is 4.78. The Morgan fingerprint density at radius 2 is 2.39 bits per heavy atom. The van der Waals surface area contributed by atoms with Gasteiger partial charge in [-0.25, -0.2) is 9.97 Å². The highest BCUT2D eigenvalue weighted by molar-refractivity contribution is 7.18. The van der Waals surface area contributed by atoms with Gasteiger partial charge in [0.1, 0.15) is 17.0 Å². The third-order valence-electron chi connectivity index (χ3n) is 3.38. The van der Waals surface area contributed by atoms with Gasteiger partial charge in [-0.3, -0.25) is 0 Å². The summed E-state index contributed by atoms with van der Waals surface area (Å²) < 4.78 is 0. The zero-order chi connectivity index (χ0) is 12.5. The molecule has 0 saturated carbocycles. The first kappa shape index (κ1) is 11.9. The molecule has 5 heteroatoms. The van der Waals surface area contributed by atoms with Crippen LogP contribution in [0.3, 0.4) is 0 Å². The molecule has 1 aliphatic rings. The van der Waals surface area contributed by atoms with Crippen LogP contribution in [0.2, 0.25) is 0 Å². The molecule has 0 radical (unpaired) electrons. The number of hydrogen-bond acceptors (Lipinski definition) is 5. The van der Waals surface area contributed by atoms with Gasteiger partial charge in [0.25, 0.3) is 0 Å². The minimum absolute atomic E-state index is 0.521. The van der Waals surface area contributed by atoms with Crippen molar-refractivity contribution in [2.75, 3.05) is 24.5 Å². The van der Waals surface area contributed by atoms with E-state index in [9.17, 15) is 0 Å². The number of aromatic nitrogens is 2. The average molecular weight is 262 g/mol. The van der Waals surface area contributed by atoms with Crippen LogP contribution in [0.4, 0.5) is 5.82 Å². The van der Waals surface area contributed by atoms with E-state index in [1.54, 1.807) is 17.7 Å². The predicted octanol–water partition coefficient (Wildman–Crippen LogP) is 2.05. The summed E-state index contributed by atoms with van der Waals surface area (Å²) in [4.78, 5) is 13.8. The standard InChI is InChI=1S/C13H18N4S/c1-3-10-6-11-12(15-8-16-13(11)18-10)17-5-4-14-9(2)7-17/h6,8-9,14H,3-5,7H2,1-2H3/t9-/m0/s1. The van der Waals surface area contributed by atoms with Gasteiger partial charge in [0.05, 0.1) is 5.39 Å². The summed E-state index contributed by atoms with van der Waals surface area (Å²) in [5.74, 6) is 1.10. The molecule has 0 unspecified atom stereocenters. The lowest BCUT2D eigenvalue weighted by Gasteiger charge is -2.32. The molecule has 0 aliphatic carbocycles. The molecule has 4 nitrogen and oxygen atoms in total. The van der Waals surface area contributed by atoms with Gasteiger partial charge in [-0.2, -0.15) is 0 Å². The van der Waals surface area contributed by atoms with Crippen molar-refractivity contribution in [2.45, 2.75) is 26.3 Å². The zero-order valence-corrected chi connectivity index (χ0v) is 11.6. The van der Waals surface area contributed by atoms with Crippen LogP contribution in [0.5, 0.6) is 0 Å². The van der Waals surface area contributed by atoms with Crippen molar-refractivity contribution in [2.24, 2.45) is 0 Å². The van der Waals surface area contributed by atoms with Crippen LogP contribution in [0, 0.1) is 0 Å². The smallest absolute Gasteiger partial charge is 0.140 e. The van der Waals surface area contributed by atoms with E-state index >= 15 is 0 Å². The second kappa shape index (κ2) is 4.82. The molecule has 3 heterocycles. The van der Waals surface area contributed by atoms with Crippen LogP contribution in [0.25, 0.3) is 10.2 Å². The van der Waals surface area contributed by atoms with Crippen molar-refractivity contribution >= 4 is 27.4 Å². The summed E-state index contributed by atoms with van der Waals surface area (Å²) in [6.07, 6.45) is 2.76. The number of anilines is 1. The normalized spacial score (nSPS) is 20.6. The predicted molar refractivity (Wildman–Crippen MR) is 76.5 cm³/mol. The Kier molecular flexibility index (Phi) is 3.18. The van der Waals surface area contributed by atoms with E-state index in [-0.39, 0.29) is 0 Å². The van der Waals surface area contributed by atoms with Crippen LogP contribution < -0.4 is 10.2 Å². The highest BCUT2D eigenvalue weighted by Crippen LogP contribution is 2.30. The number of piperazine rings is 1. The highest BCUT2D eigenvalue weighted by atomic mass is 32.1. The fourth-order valence-corrected chi connectivity index (χ4v) is 3.37. The lowest BCUT2D eigenvalue weighted by Crippen LogP contribution is -2.49. The van der Waals surface area contributed by atoms with E-state index in [1.165, 1.54) is 10.3 Å². The number of nitrogens with zero attached hydrogens (tertiary/aromatic N) is 3. The quantitative estimate of drug-likeness (QED) is 0.899. The number of thiophene rings is 1. The Morgan fingerprint density at radius 3 is 3.17 bits per heavy atom. The van der Waals surface area contributed by atoms with Crippen molar-refractivity contribution in [3.63, 3.8) is 0 Å². The number of rotatable bonds is 2. The Balaban J connectivity index is 2.02. The minimum Gasteiger partial charge on any atom is -0.353 e. The highest BCUT2D eigenvalue weighted by Gasteiger charge is 2.19. The van der Waals surface area contributed by atoms with E-state index in [0.29, 0.717) is 6.04 Å². The lowest BCUT2D eigenvalue weighted by molar-refractivity contribution is 0.483. The van der Waals surface area contributed by atoms with Crippen molar-refractivity contribution < 1.29 is 0 Å². The summed E-state index contributed by atoms with van der Waals surface area (Å²) in [5, 5.41) is 4.68. The van der Waals surface area contributed by atoms with Crippen LogP contribution in [-0.2, 0) is 6.42 Å². The largest absolute Gasteiger partial charge is 0.353 e. The first-order chi connectivity index (χ1) is 8.78. The molecule has 1 aliphatic heterocycles. The van der Waals surface area contributed by atoms with Gasteiger partial charge in [-0.1, -0.05) is 6.92 Å². The van der Waals surface area contributed by atoms with E-state index in [4.69, 9.17) is 0 Å². The molecule has 0 amide bonds. The van der Waals surface area contributed by atoms with Crippen LogP contribution in [0.1, 0.15) is 18.7 Å². The monoisotopic (exact) mass is 262 g/mol. The van der Waals surface area contributed by atoms with Crippen LogP contribution in [-0.4, -0.2) is 35.6 Å². The number of nitrogens with one attached hydrogen (secondary N) is 1. The number of aryl methyl sites for hydroxylation is 1. The van der Waals surface area contributed by atoms with Gasteiger partial charge in [0.2, 0.25) is 0 Å². The number of fused-ring (bicyclic) bond motifs is 1. The Morgan fingerprint density at radius 1 is 1.50 bits per heavy atom. The summed E-state index contributed by atoms with van der Waals surface area (Å²) in [6.45, 7) is 7.47. The first-order valence-corrected chi connectivity index (χ1v) is 7.31. The zero-order valence-electron chi connectivity index (χ0n) is 10.8. The number of hydrogen-bond donors (Lipinski definition) is 1. The lowest BCUT2D eigenvalue weighted by atomic mass is 10.2. The maximum Gasteiger partial charge on any atom is 0.140 e. The summed E-state index contributed by atoms with van der Waals surface area (Å²) >= 11 is 1.78. The van der Waals surface area contributed by atoms with Crippen molar-refractivity contribution in [3.8, 4) is 0 Å². The van der Waals surface area contributed by atoms with Gasteiger partial charge in [-0.05, 0) is 19.4 Å². The fraction of sp³-hybridized carbons (Fsp3) is 0.538. The fourth-order valence-electron chi connectivity index (χ4n) is 2.44. The van der Waals surface area contributed by atoms with Gasteiger partial charge >= 0.3 is 0 Å². The van der Waals surface area contributed by atoms with Gasteiger partial charge < -0.3 is 10.2 Å². The molecule has 96 valence electrons. The summed E-state index contributed by atoms with van der Waals surface area (Å²) in [7, 11) is 0. The maximum absolute atomic E-state index is 4.51. The molecule has 0 spiro atoms. The molecular weight excluding hydrogens is 244 g/mol. The Hall–Kier alpha value is -1.20. The molecule has 1 atom stereocenters. The molecule has 1 fully saturated rings. The average Bonchev–Trinajstić information content (AvgIpc) is 2.81. The van der Waals surface area contributed by atoms with Crippen molar-refractivity contribution in [1.29, 1.82) is 0 Å².